The standard InChI is InChI=1S/C19H26N4O3/c1-19(2,3)16-20-17(24)23(21-16)15-9-11-22(12-10-15)18(25)26-13-14-7-5-4-6-8-14/h4-8,15H,9-13H2,1-3H3,(H,20,21,24). The Morgan fingerprint density at radius 2 is 1.88 bits per heavy atom. The number of piperidine rings is 1. The predicted molar refractivity (Wildman–Crippen MR) is 98.0 cm³/mol. The molecular formula is C19H26N4O3. The first-order valence-electron chi connectivity index (χ1n) is 8.99. The van der Waals surface area contributed by atoms with Gasteiger partial charge in [-0.2, -0.15) is 5.10 Å². The SMILES string of the molecule is CC(C)(C)c1nn(C2CCN(C(=O)OCc3ccccc3)CC2)c(=O)[nH]1. The maximum absolute atomic E-state index is 12.2. The van der Waals surface area contributed by atoms with Crippen LogP contribution in [-0.2, 0) is 16.8 Å². The van der Waals surface area contributed by atoms with Crippen LogP contribution in [0.1, 0.15) is 51.0 Å². The highest BCUT2D eigenvalue weighted by Gasteiger charge is 2.28. The lowest BCUT2D eigenvalue weighted by molar-refractivity contribution is 0.0818. The minimum absolute atomic E-state index is 0.00743. The first-order chi connectivity index (χ1) is 12.3. The number of aromatic nitrogens is 3. The van der Waals surface area contributed by atoms with Crippen LogP contribution in [0.4, 0.5) is 4.79 Å². The molecule has 1 aromatic carbocycles. The van der Waals surface area contributed by atoms with Crippen LogP contribution in [0.2, 0.25) is 0 Å². The van der Waals surface area contributed by atoms with Gasteiger partial charge in [0, 0.05) is 18.5 Å². The van der Waals surface area contributed by atoms with E-state index in [-0.39, 0.29) is 29.8 Å². The van der Waals surface area contributed by atoms with Crippen LogP contribution in [0.3, 0.4) is 0 Å². The number of hydrogen-bond acceptors (Lipinski definition) is 4. The molecule has 1 aliphatic rings. The molecule has 0 spiro atoms. The summed E-state index contributed by atoms with van der Waals surface area (Å²) in [6.45, 7) is 7.43. The Kier molecular flexibility index (Phi) is 5.15. The Morgan fingerprint density at radius 1 is 1.23 bits per heavy atom. The maximum Gasteiger partial charge on any atom is 0.410 e. The zero-order valence-corrected chi connectivity index (χ0v) is 15.6. The predicted octanol–water partition coefficient (Wildman–Crippen LogP) is 2.84. The second-order valence-electron chi connectivity index (χ2n) is 7.73. The zero-order valence-electron chi connectivity index (χ0n) is 15.6. The number of carbonyl (C=O) groups is 1. The van der Waals surface area contributed by atoms with Crippen molar-refractivity contribution in [3.63, 3.8) is 0 Å². The van der Waals surface area contributed by atoms with Crippen molar-refractivity contribution >= 4 is 6.09 Å². The average molecular weight is 358 g/mol. The van der Waals surface area contributed by atoms with Gasteiger partial charge in [-0.25, -0.2) is 14.3 Å². The lowest BCUT2D eigenvalue weighted by Crippen LogP contribution is -2.41. The van der Waals surface area contributed by atoms with Crippen LogP contribution in [0.5, 0.6) is 0 Å². The third kappa shape index (κ3) is 4.15. The highest BCUT2D eigenvalue weighted by atomic mass is 16.6. The number of amides is 1. The van der Waals surface area contributed by atoms with Crippen molar-refractivity contribution in [1.29, 1.82) is 0 Å². The van der Waals surface area contributed by atoms with E-state index >= 15 is 0 Å². The number of hydrogen-bond donors (Lipinski definition) is 1. The molecule has 1 amide bonds. The molecule has 2 heterocycles. The molecule has 1 aromatic heterocycles. The van der Waals surface area contributed by atoms with Crippen molar-refractivity contribution in [3.8, 4) is 0 Å². The molecule has 1 N–H and O–H groups in total. The first kappa shape index (κ1) is 18.2. The van der Waals surface area contributed by atoms with Gasteiger partial charge in [0.05, 0.1) is 6.04 Å². The Labute approximate surface area is 153 Å². The van der Waals surface area contributed by atoms with Crippen molar-refractivity contribution in [2.45, 2.75) is 51.7 Å². The fraction of sp³-hybridized carbons (Fsp3) is 0.526. The summed E-state index contributed by atoms with van der Waals surface area (Å²) in [5.74, 6) is 0.687. The molecule has 3 rings (SSSR count). The Balaban J connectivity index is 1.55. The molecule has 0 saturated carbocycles. The number of nitrogens with zero attached hydrogens (tertiary/aromatic N) is 3. The van der Waals surface area contributed by atoms with Crippen LogP contribution in [0.25, 0.3) is 0 Å². The molecule has 0 bridgehead atoms. The van der Waals surface area contributed by atoms with Crippen LogP contribution < -0.4 is 5.69 Å². The third-order valence-corrected chi connectivity index (χ3v) is 4.63. The second-order valence-corrected chi connectivity index (χ2v) is 7.73. The molecule has 0 atom stereocenters. The molecule has 140 valence electrons. The van der Waals surface area contributed by atoms with E-state index in [1.54, 1.807) is 4.90 Å². The number of ether oxygens (including phenoxy) is 1. The van der Waals surface area contributed by atoms with Crippen LogP contribution >= 0.6 is 0 Å². The Hall–Kier alpha value is -2.57. The van der Waals surface area contributed by atoms with E-state index in [9.17, 15) is 9.59 Å². The van der Waals surface area contributed by atoms with E-state index in [0.717, 1.165) is 5.56 Å². The van der Waals surface area contributed by atoms with Gasteiger partial charge >= 0.3 is 11.8 Å². The number of likely N-dealkylation sites (tertiary alicyclic amines) is 1. The van der Waals surface area contributed by atoms with Crippen molar-refractivity contribution in [1.82, 2.24) is 19.7 Å². The van der Waals surface area contributed by atoms with Gasteiger partial charge in [-0.15, -0.1) is 0 Å². The van der Waals surface area contributed by atoms with E-state index in [1.165, 1.54) is 4.68 Å². The molecule has 7 nitrogen and oxygen atoms in total. The largest absolute Gasteiger partial charge is 0.445 e. The van der Waals surface area contributed by atoms with Gasteiger partial charge in [0.25, 0.3) is 0 Å². The molecule has 1 saturated heterocycles. The third-order valence-electron chi connectivity index (χ3n) is 4.63. The van der Waals surface area contributed by atoms with E-state index < -0.39 is 0 Å². The number of nitrogens with one attached hydrogen (secondary N) is 1. The topological polar surface area (TPSA) is 80.2 Å². The summed E-state index contributed by atoms with van der Waals surface area (Å²) >= 11 is 0. The Morgan fingerprint density at radius 3 is 2.46 bits per heavy atom. The molecule has 26 heavy (non-hydrogen) atoms. The van der Waals surface area contributed by atoms with E-state index in [1.807, 2.05) is 51.1 Å². The summed E-state index contributed by atoms with van der Waals surface area (Å²) < 4.78 is 6.91. The van der Waals surface area contributed by atoms with Crippen LogP contribution in [0.15, 0.2) is 35.1 Å². The van der Waals surface area contributed by atoms with Crippen LogP contribution in [0, 0.1) is 0 Å². The second kappa shape index (κ2) is 7.35. The molecule has 2 aromatic rings. The van der Waals surface area contributed by atoms with Gasteiger partial charge in [0.15, 0.2) is 0 Å². The van der Waals surface area contributed by atoms with Gasteiger partial charge in [-0.1, -0.05) is 51.1 Å². The van der Waals surface area contributed by atoms with Crippen molar-refractivity contribution in [3.05, 3.63) is 52.2 Å². The summed E-state index contributed by atoms with van der Waals surface area (Å²) in [5.41, 5.74) is 0.584. The Bertz CT molecular complexity index is 796. The minimum atomic E-state index is -0.308. The summed E-state index contributed by atoms with van der Waals surface area (Å²) in [4.78, 5) is 29.0. The molecule has 0 unspecified atom stereocenters. The molecule has 1 aliphatic heterocycles. The first-order valence-corrected chi connectivity index (χ1v) is 8.99. The van der Waals surface area contributed by atoms with Crippen molar-refractivity contribution < 1.29 is 9.53 Å². The number of benzene rings is 1. The van der Waals surface area contributed by atoms with Crippen molar-refractivity contribution in [2.24, 2.45) is 0 Å². The summed E-state index contributed by atoms with van der Waals surface area (Å²) in [7, 11) is 0. The van der Waals surface area contributed by atoms with Crippen molar-refractivity contribution in [2.75, 3.05) is 13.1 Å². The summed E-state index contributed by atoms with van der Waals surface area (Å²) in [5, 5.41) is 4.46. The van der Waals surface area contributed by atoms with E-state index in [0.29, 0.717) is 31.8 Å². The zero-order chi connectivity index (χ0) is 18.7. The van der Waals surface area contributed by atoms with Gasteiger partial charge in [-0.3, -0.25) is 4.98 Å². The quantitative estimate of drug-likeness (QED) is 0.915. The normalized spacial score (nSPS) is 15.9. The van der Waals surface area contributed by atoms with Gasteiger partial charge < -0.3 is 9.64 Å². The molecule has 1 fully saturated rings. The fourth-order valence-electron chi connectivity index (χ4n) is 3.03. The van der Waals surface area contributed by atoms with E-state index in [4.69, 9.17) is 4.74 Å². The van der Waals surface area contributed by atoms with Gasteiger partial charge in [-0.05, 0) is 18.4 Å². The molecule has 7 heteroatoms. The number of H-pyrrole nitrogens is 1. The van der Waals surface area contributed by atoms with Crippen LogP contribution in [-0.4, -0.2) is 38.8 Å². The van der Waals surface area contributed by atoms with Gasteiger partial charge in [0.2, 0.25) is 0 Å². The molecule has 0 aliphatic carbocycles. The fourth-order valence-corrected chi connectivity index (χ4v) is 3.03. The number of aromatic amines is 1. The lowest BCUT2D eigenvalue weighted by Gasteiger charge is -2.30. The number of rotatable bonds is 3. The number of carbonyl (C=O) groups excluding carboxylic acids is 1. The monoisotopic (exact) mass is 358 g/mol. The maximum atomic E-state index is 12.2. The lowest BCUT2D eigenvalue weighted by atomic mass is 9.96. The average Bonchev–Trinajstić information content (AvgIpc) is 3.03. The molecular weight excluding hydrogens is 332 g/mol. The van der Waals surface area contributed by atoms with Gasteiger partial charge in [0.1, 0.15) is 12.4 Å². The summed E-state index contributed by atoms with van der Waals surface area (Å²) in [6.07, 6.45) is 1.07. The molecule has 0 radical (unpaired) electrons. The summed E-state index contributed by atoms with van der Waals surface area (Å²) in [6, 6.07) is 9.63. The van der Waals surface area contributed by atoms with E-state index in [2.05, 4.69) is 10.1 Å². The minimum Gasteiger partial charge on any atom is -0.445 e. The smallest absolute Gasteiger partial charge is 0.410 e. The highest BCUT2D eigenvalue weighted by molar-refractivity contribution is 5.67. The highest BCUT2D eigenvalue weighted by Crippen LogP contribution is 2.23.